The molecule has 1 aromatic rings. The number of hydrogen-bond donors (Lipinski definition) is 2. The van der Waals surface area contributed by atoms with Crippen LogP contribution in [0.25, 0.3) is 0 Å². The van der Waals surface area contributed by atoms with Crippen molar-refractivity contribution in [3.8, 4) is 5.75 Å². The maximum Gasteiger partial charge on any atom is 0.293 e. The molecule has 0 aliphatic carbocycles. The van der Waals surface area contributed by atoms with Crippen LogP contribution in [0.4, 0.5) is 0 Å². The summed E-state index contributed by atoms with van der Waals surface area (Å²) < 4.78 is 6.44. The Balaban J connectivity index is 2.95. The van der Waals surface area contributed by atoms with Crippen molar-refractivity contribution in [2.24, 2.45) is 11.5 Å². The van der Waals surface area contributed by atoms with Crippen molar-refractivity contribution >= 4 is 5.91 Å². The van der Waals surface area contributed by atoms with E-state index in [1.807, 2.05) is 6.92 Å². The zero-order chi connectivity index (χ0) is 12.1. The van der Waals surface area contributed by atoms with Crippen LogP contribution < -0.4 is 21.8 Å². The molecule has 0 aliphatic heterocycles. The molecule has 1 atom stereocenters. The van der Waals surface area contributed by atoms with Crippen LogP contribution in [0.2, 0.25) is 0 Å². The van der Waals surface area contributed by atoms with Gasteiger partial charge in [-0.15, -0.1) is 0 Å². The first kappa shape index (κ1) is 12.3. The van der Waals surface area contributed by atoms with E-state index in [1.54, 1.807) is 12.3 Å². The lowest BCUT2D eigenvalue weighted by molar-refractivity contribution is -0.119. The fraction of sp³-hybridized carbons (Fsp3) is 0.400. The monoisotopic (exact) mass is 225 g/mol. The van der Waals surface area contributed by atoms with Gasteiger partial charge >= 0.3 is 0 Å². The van der Waals surface area contributed by atoms with Gasteiger partial charge in [0.25, 0.3) is 11.5 Å². The third kappa shape index (κ3) is 2.83. The number of primary amides is 1. The van der Waals surface area contributed by atoms with Crippen LogP contribution in [0.3, 0.4) is 0 Å². The first-order valence-corrected chi connectivity index (χ1v) is 4.88. The lowest BCUT2D eigenvalue weighted by atomic mass is 10.3. The van der Waals surface area contributed by atoms with Gasteiger partial charge in [0.2, 0.25) is 0 Å². The third-order valence-corrected chi connectivity index (χ3v) is 2.13. The molecule has 1 aromatic heterocycles. The molecular formula is C10H15N3O3. The second-order valence-corrected chi connectivity index (χ2v) is 3.42. The summed E-state index contributed by atoms with van der Waals surface area (Å²) in [5.74, 6) is -0.525. The standard InChI is InChI=1S/C10H15N3O3/c1-7(5-11)13-4-2-3-8(10(13)15)16-6-9(12)14/h2-4,7H,5-6,11H2,1H3,(H2,12,14). The van der Waals surface area contributed by atoms with Gasteiger partial charge < -0.3 is 20.8 Å². The predicted molar refractivity (Wildman–Crippen MR) is 59.2 cm³/mol. The number of pyridine rings is 1. The van der Waals surface area contributed by atoms with Crippen molar-refractivity contribution in [1.82, 2.24) is 4.57 Å². The first-order valence-electron chi connectivity index (χ1n) is 4.88. The van der Waals surface area contributed by atoms with Crippen LogP contribution in [-0.2, 0) is 4.79 Å². The molecule has 0 radical (unpaired) electrons. The van der Waals surface area contributed by atoms with Crippen LogP contribution in [-0.4, -0.2) is 23.6 Å². The Kier molecular flexibility index (Phi) is 4.07. The zero-order valence-corrected chi connectivity index (χ0v) is 9.05. The van der Waals surface area contributed by atoms with Crippen LogP contribution in [0.5, 0.6) is 5.75 Å². The van der Waals surface area contributed by atoms with Crippen molar-refractivity contribution in [2.75, 3.05) is 13.2 Å². The number of nitrogens with two attached hydrogens (primary N) is 2. The summed E-state index contributed by atoms with van der Waals surface area (Å²) in [7, 11) is 0. The molecule has 4 N–H and O–H groups in total. The van der Waals surface area contributed by atoms with Gasteiger partial charge in [0.1, 0.15) is 0 Å². The second-order valence-electron chi connectivity index (χ2n) is 3.42. The number of aromatic nitrogens is 1. The summed E-state index contributed by atoms with van der Waals surface area (Å²) in [4.78, 5) is 22.3. The summed E-state index contributed by atoms with van der Waals surface area (Å²) in [6.45, 7) is 1.86. The molecule has 0 saturated carbocycles. The van der Waals surface area contributed by atoms with E-state index < -0.39 is 5.91 Å². The van der Waals surface area contributed by atoms with E-state index >= 15 is 0 Å². The smallest absolute Gasteiger partial charge is 0.293 e. The number of nitrogens with zero attached hydrogens (tertiary/aromatic N) is 1. The van der Waals surface area contributed by atoms with Gasteiger partial charge in [0.05, 0.1) is 0 Å². The number of amides is 1. The molecule has 0 fully saturated rings. The highest BCUT2D eigenvalue weighted by Gasteiger charge is 2.09. The molecular weight excluding hydrogens is 210 g/mol. The number of ether oxygens (including phenoxy) is 1. The Bertz CT molecular complexity index is 428. The molecule has 88 valence electrons. The minimum absolute atomic E-state index is 0.0987. The Morgan fingerprint density at radius 3 is 2.88 bits per heavy atom. The van der Waals surface area contributed by atoms with Gasteiger partial charge in [-0.1, -0.05) is 0 Å². The van der Waals surface area contributed by atoms with Crippen LogP contribution in [0.15, 0.2) is 23.1 Å². The number of carbonyl (C=O) groups is 1. The molecule has 1 amide bonds. The van der Waals surface area contributed by atoms with E-state index in [0.717, 1.165) is 0 Å². The molecule has 1 heterocycles. The van der Waals surface area contributed by atoms with E-state index in [2.05, 4.69) is 0 Å². The normalized spacial score (nSPS) is 12.1. The van der Waals surface area contributed by atoms with Crippen molar-refractivity contribution in [2.45, 2.75) is 13.0 Å². The van der Waals surface area contributed by atoms with Gasteiger partial charge in [0.15, 0.2) is 12.4 Å². The Labute approximate surface area is 92.8 Å². The molecule has 6 nitrogen and oxygen atoms in total. The fourth-order valence-corrected chi connectivity index (χ4v) is 1.21. The van der Waals surface area contributed by atoms with Gasteiger partial charge in [-0.2, -0.15) is 0 Å². The summed E-state index contributed by atoms with van der Waals surface area (Å²) in [5.41, 5.74) is 10.1. The van der Waals surface area contributed by atoms with Crippen molar-refractivity contribution in [3.63, 3.8) is 0 Å². The van der Waals surface area contributed by atoms with E-state index in [-0.39, 0.29) is 24.0 Å². The van der Waals surface area contributed by atoms with E-state index in [4.69, 9.17) is 16.2 Å². The third-order valence-electron chi connectivity index (χ3n) is 2.13. The number of carbonyl (C=O) groups excluding carboxylic acids is 1. The predicted octanol–water partition coefficient (Wildman–Crippen LogP) is -0.768. The van der Waals surface area contributed by atoms with Gasteiger partial charge in [0, 0.05) is 18.8 Å². The van der Waals surface area contributed by atoms with Crippen LogP contribution in [0.1, 0.15) is 13.0 Å². The summed E-state index contributed by atoms with van der Waals surface area (Å²) in [5, 5.41) is 0. The molecule has 1 rings (SSSR count). The van der Waals surface area contributed by atoms with E-state index in [0.29, 0.717) is 6.54 Å². The number of rotatable bonds is 5. The van der Waals surface area contributed by atoms with E-state index in [9.17, 15) is 9.59 Å². The minimum Gasteiger partial charge on any atom is -0.478 e. The molecule has 0 aromatic carbocycles. The Morgan fingerprint density at radius 2 is 2.31 bits per heavy atom. The molecule has 0 aliphatic rings. The van der Waals surface area contributed by atoms with E-state index in [1.165, 1.54) is 10.6 Å². The molecule has 0 bridgehead atoms. The molecule has 6 heteroatoms. The number of hydrogen-bond acceptors (Lipinski definition) is 4. The van der Waals surface area contributed by atoms with Crippen LogP contribution >= 0.6 is 0 Å². The SMILES string of the molecule is CC(CN)n1cccc(OCC(N)=O)c1=O. The van der Waals surface area contributed by atoms with Gasteiger partial charge in [-0.05, 0) is 19.1 Å². The summed E-state index contributed by atoms with van der Waals surface area (Å²) >= 11 is 0. The largest absolute Gasteiger partial charge is 0.478 e. The maximum atomic E-state index is 11.8. The maximum absolute atomic E-state index is 11.8. The quantitative estimate of drug-likeness (QED) is 0.687. The van der Waals surface area contributed by atoms with Crippen molar-refractivity contribution < 1.29 is 9.53 Å². The fourth-order valence-electron chi connectivity index (χ4n) is 1.21. The highest BCUT2D eigenvalue weighted by atomic mass is 16.5. The average Bonchev–Trinajstić information content (AvgIpc) is 2.26. The Morgan fingerprint density at radius 1 is 1.62 bits per heavy atom. The highest BCUT2D eigenvalue weighted by molar-refractivity contribution is 5.75. The van der Waals surface area contributed by atoms with Crippen molar-refractivity contribution in [1.29, 1.82) is 0 Å². The molecule has 0 saturated heterocycles. The van der Waals surface area contributed by atoms with Gasteiger partial charge in [-0.3, -0.25) is 9.59 Å². The topological polar surface area (TPSA) is 100 Å². The Hall–Kier alpha value is -1.82. The molecule has 16 heavy (non-hydrogen) atoms. The zero-order valence-electron chi connectivity index (χ0n) is 9.05. The average molecular weight is 225 g/mol. The second kappa shape index (κ2) is 5.32. The lowest BCUT2D eigenvalue weighted by Gasteiger charge is -2.13. The highest BCUT2D eigenvalue weighted by Crippen LogP contribution is 2.05. The lowest BCUT2D eigenvalue weighted by Crippen LogP contribution is -2.29. The van der Waals surface area contributed by atoms with Gasteiger partial charge in [-0.25, -0.2) is 0 Å². The van der Waals surface area contributed by atoms with Crippen molar-refractivity contribution in [3.05, 3.63) is 28.7 Å². The molecule has 0 spiro atoms. The van der Waals surface area contributed by atoms with Crippen LogP contribution in [0, 0.1) is 0 Å². The first-order chi connectivity index (χ1) is 7.56. The summed E-state index contributed by atoms with van der Waals surface area (Å²) in [6.07, 6.45) is 1.62. The molecule has 1 unspecified atom stereocenters. The minimum atomic E-state index is -0.623. The summed E-state index contributed by atoms with van der Waals surface area (Å²) in [6, 6.07) is 3.03.